The van der Waals surface area contributed by atoms with Crippen molar-refractivity contribution in [3.05, 3.63) is 58.9 Å². The van der Waals surface area contributed by atoms with E-state index in [0.717, 1.165) is 5.56 Å². The summed E-state index contributed by atoms with van der Waals surface area (Å²) in [5.74, 6) is -0.538. The molecule has 1 saturated heterocycles. The number of halogens is 1. The molecular weight excluding hydrogens is 463 g/mol. The molecule has 2 aromatic rings. The lowest BCUT2D eigenvalue weighted by Gasteiger charge is -2.41. The molecule has 0 radical (unpaired) electrons. The van der Waals surface area contributed by atoms with Gasteiger partial charge in [0.05, 0.1) is 12.7 Å². The molecule has 1 heterocycles. The Labute approximate surface area is 202 Å². The van der Waals surface area contributed by atoms with Crippen molar-refractivity contribution in [2.45, 2.75) is 70.6 Å². The molecule has 0 bridgehead atoms. The normalized spacial score (nSPS) is 25.1. The lowest BCUT2D eigenvalue weighted by atomic mass is 9.96. The summed E-state index contributed by atoms with van der Waals surface area (Å²) in [7, 11) is 0. The zero-order valence-corrected chi connectivity index (χ0v) is 19.8. The molecule has 0 spiro atoms. The Morgan fingerprint density at radius 1 is 1.09 bits per heavy atom. The number of esters is 1. The lowest BCUT2D eigenvalue weighted by Crippen LogP contribution is -2.61. The molecule has 192 valence electrons. The number of hydrogen-bond donors (Lipinski definition) is 4. The van der Waals surface area contributed by atoms with E-state index in [2.05, 4.69) is 0 Å². The van der Waals surface area contributed by atoms with Crippen LogP contribution in [0, 0.1) is 5.82 Å². The van der Waals surface area contributed by atoms with E-state index in [0.29, 0.717) is 17.9 Å². The van der Waals surface area contributed by atoms with Crippen LogP contribution in [0.4, 0.5) is 4.39 Å². The van der Waals surface area contributed by atoms with Crippen LogP contribution in [0.2, 0.25) is 0 Å². The fourth-order valence-corrected chi connectivity index (χ4v) is 3.78. The fourth-order valence-electron chi connectivity index (χ4n) is 3.78. The number of carbonyl (C=O) groups is 1. The standard InChI is InChI=1S/C25H31FO9/c1-4-32-17-7-5-15(6-8-17)9-18-19(26)10-16(12-33-14(3)28)11-20(18)34-25-23(31)21(29)22(30)24(35-25)13(2)27/h5-8,10-11,13,21-25,27,29-31H,4,9,12H2,1-3H3/t13-,21+,22+,23-,24-,25-/m1/s1. The Hall–Kier alpha value is -2.76. The molecule has 6 atom stereocenters. The van der Waals surface area contributed by atoms with Crippen molar-refractivity contribution in [1.82, 2.24) is 0 Å². The molecule has 10 heteroatoms. The first-order valence-electron chi connectivity index (χ1n) is 11.3. The number of aliphatic hydroxyl groups is 4. The molecule has 1 aliphatic heterocycles. The van der Waals surface area contributed by atoms with Gasteiger partial charge in [-0.25, -0.2) is 4.39 Å². The van der Waals surface area contributed by atoms with Crippen molar-refractivity contribution in [1.29, 1.82) is 0 Å². The van der Waals surface area contributed by atoms with Gasteiger partial charge in [0.2, 0.25) is 6.29 Å². The van der Waals surface area contributed by atoms with E-state index in [1.807, 2.05) is 6.92 Å². The molecule has 1 fully saturated rings. The highest BCUT2D eigenvalue weighted by Gasteiger charge is 2.46. The summed E-state index contributed by atoms with van der Waals surface area (Å²) in [4.78, 5) is 11.2. The van der Waals surface area contributed by atoms with E-state index in [4.69, 9.17) is 18.9 Å². The van der Waals surface area contributed by atoms with Crippen LogP contribution in [0.25, 0.3) is 0 Å². The van der Waals surface area contributed by atoms with Crippen molar-refractivity contribution >= 4 is 5.97 Å². The third kappa shape index (κ3) is 6.68. The first-order chi connectivity index (χ1) is 16.6. The lowest BCUT2D eigenvalue weighted by molar-refractivity contribution is -0.286. The zero-order valence-electron chi connectivity index (χ0n) is 19.8. The molecule has 0 saturated carbocycles. The average molecular weight is 495 g/mol. The third-order valence-electron chi connectivity index (χ3n) is 5.60. The number of hydrogen-bond acceptors (Lipinski definition) is 9. The van der Waals surface area contributed by atoms with E-state index in [-0.39, 0.29) is 24.3 Å². The van der Waals surface area contributed by atoms with Gasteiger partial charge in [0.1, 0.15) is 48.3 Å². The first-order valence-corrected chi connectivity index (χ1v) is 11.3. The third-order valence-corrected chi connectivity index (χ3v) is 5.60. The summed E-state index contributed by atoms with van der Waals surface area (Å²) in [5, 5.41) is 40.7. The minimum absolute atomic E-state index is 0.0157. The monoisotopic (exact) mass is 494 g/mol. The van der Waals surface area contributed by atoms with Gasteiger partial charge in [-0.1, -0.05) is 12.1 Å². The predicted octanol–water partition coefficient (Wildman–Crippen LogP) is 1.45. The summed E-state index contributed by atoms with van der Waals surface area (Å²) >= 11 is 0. The second kappa shape index (κ2) is 11.8. The van der Waals surface area contributed by atoms with Crippen LogP contribution in [0.3, 0.4) is 0 Å². The van der Waals surface area contributed by atoms with E-state index in [9.17, 15) is 25.2 Å². The number of aliphatic hydroxyl groups excluding tert-OH is 4. The van der Waals surface area contributed by atoms with E-state index >= 15 is 4.39 Å². The quantitative estimate of drug-likeness (QED) is 0.382. The topological polar surface area (TPSA) is 135 Å². The van der Waals surface area contributed by atoms with Gasteiger partial charge in [-0.2, -0.15) is 0 Å². The maximum absolute atomic E-state index is 15.2. The smallest absolute Gasteiger partial charge is 0.302 e. The number of rotatable bonds is 9. The Balaban J connectivity index is 1.93. The number of carbonyl (C=O) groups excluding carboxylic acids is 1. The van der Waals surface area contributed by atoms with Crippen molar-refractivity contribution in [2.24, 2.45) is 0 Å². The SMILES string of the molecule is CCOc1ccc(Cc2c(F)cc(COC(C)=O)cc2O[C@@H]2O[C@H]([C@@H](C)O)[C@@H](O)[C@H](O)[C@H]2O)cc1. The average Bonchev–Trinajstić information content (AvgIpc) is 2.81. The molecule has 35 heavy (non-hydrogen) atoms. The van der Waals surface area contributed by atoms with Crippen molar-refractivity contribution < 1.29 is 48.6 Å². The van der Waals surface area contributed by atoms with Crippen LogP contribution in [0.15, 0.2) is 36.4 Å². The van der Waals surface area contributed by atoms with E-state index < -0.39 is 48.6 Å². The van der Waals surface area contributed by atoms with Gasteiger partial charge in [0, 0.05) is 18.9 Å². The van der Waals surface area contributed by atoms with Gasteiger partial charge in [-0.3, -0.25) is 4.79 Å². The largest absolute Gasteiger partial charge is 0.494 e. The number of ether oxygens (including phenoxy) is 4. The molecule has 3 rings (SSSR count). The van der Waals surface area contributed by atoms with Gasteiger partial charge >= 0.3 is 5.97 Å². The van der Waals surface area contributed by atoms with Gasteiger partial charge < -0.3 is 39.4 Å². The molecule has 4 N–H and O–H groups in total. The maximum Gasteiger partial charge on any atom is 0.302 e. The molecule has 1 aliphatic rings. The zero-order chi connectivity index (χ0) is 25.7. The predicted molar refractivity (Wildman–Crippen MR) is 121 cm³/mol. The maximum atomic E-state index is 15.2. The highest BCUT2D eigenvalue weighted by molar-refractivity contribution is 5.66. The van der Waals surface area contributed by atoms with Crippen LogP contribution in [-0.2, 0) is 27.3 Å². The first kappa shape index (κ1) is 26.8. The molecule has 0 unspecified atom stereocenters. The summed E-state index contributed by atoms with van der Waals surface area (Å²) in [6.45, 7) is 4.74. The van der Waals surface area contributed by atoms with Crippen LogP contribution < -0.4 is 9.47 Å². The van der Waals surface area contributed by atoms with E-state index in [1.165, 1.54) is 26.0 Å². The van der Waals surface area contributed by atoms with Crippen LogP contribution in [0.5, 0.6) is 11.5 Å². The van der Waals surface area contributed by atoms with Gasteiger partial charge in [-0.05, 0) is 49.2 Å². The molecule has 0 aromatic heterocycles. The van der Waals surface area contributed by atoms with Crippen molar-refractivity contribution in [3.8, 4) is 11.5 Å². The van der Waals surface area contributed by atoms with Crippen LogP contribution >= 0.6 is 0 Å². The summed E-state index contributed by atoms with van der Waals surface area (Å²) in [6, 6.07) is 9.72. The Bertz CT molecular complexity index is 995. The fraction of sp³-hybridized carbons (Fsp3) is 0.480. The van der Waals surface area contributed by atoms with Gasteiger partial charge in [0.25, 0.3) is 0 Å². The Kier molecular flexibility index (Phi) is 9.03. The van der Waals surface area contributed by atoms with Gasteiger partial charge in [-0.15, -0.1) is 0 Å². The minimum atomic E-state index is -1.68. The summed E-state index contributed by atoms with van der Waals surface area (Å²) < 4.78 is 36.9. The van der Waals surface area contributed by atoms with Crippen LogP contribution in [0.1, 0.15) is 37.5 Å². The highest BCUT2D eigenvalue weighted by Crippen LogP contribution is 2.32. The molecule has 0 amide bonds. The van der Waals surface area contributed by atoms with Crippen LogP contribution in [-0.4, -0.2) is 69.8 Å². The summed E-state index contributed by atoms with van der Waals surface area (Å²) in [6.07, 6.45) is -8.75. The van der Waals surface area contributed by atoms with Crippen molar-refractivity contribution in [3.63, 3.8) is 0 Å². The molecule has 0 aliphatic carbocycles. The van der Waals surface area contributed by atoms with E-state index in [1.54, 1.807) is 24.3 Å². The molecule has 2 aromatic carbocycles. The molecule has 9 nitrogen and oxygen atoms in total. The second-order valence-corrected chi connectivity index (χ2v) is 8.39. The summed E-state index contributed by atoms with van der Waals surface area (Å²) in [5.41, 5.74) is 1.17. The van der Waals surface area contributed by atoms with Gasteiger partial charge in [0.15, 0.2) is 0 Å². The Morgan fingerprint density at radius 3 is 2.37 bits per heavy atom. The highest BCUT2D eigenvalue weighted by atomic mass is 19.1. The van der Waals surface area contributed by atoms with Crippen molar-refractivity contribution in [2.75, 3.05) is 6.61 Å². The molecular formula is C25H31FO9. The minimum Gasteiger partial charge on any atom is -0.494 e. The number of benzene rings is 2. The second-order valence-electron chi connectivity index (χ2n) is 8.39. The Morgan fingerprint density at radius 2 is 1.77 bits per heavy atom.